The average molecular weight is 241 g/mol. The molecular formula is C13H11N3O2. The largest absolute Gasteiger partial charge is 0.478 e. The van der Waals surface area contributed by atoms with E-state index in [2.05, 4.69) is 15.8 Å². The first-order valence-corrected chi connectivity index (χ1v) is 5.31. The molecule has 0 fully saturated rings. The molecule has 0 atom stereocenters. The van der Waals surface area contributed by atoms with Crippen molar-refractivity contribution in [1.82, 2.24) is 0 Å². The molecule has 18 heavy (non-hydrogen) atoms. The van der Waals surface area contributed by atoms with Crippen LogP contribution in [0, 0.1) is 0 Å². The lowest BCUT2D eigenvalue weighted by Crippen LogP contribution is -1.94. The van der Waals surface area contributed by atoms with Gasteiger partial charge in [0.05, 0.1) is 16.9 Å². The van der Waals surface area contributed by atoms with Gasteiger partial charge >= 0.3 is 5.97 Å². The van der Waals surface area contributed by atoms with Crippen molar-refractivity contribution in [3.63, 3.8) is 0 Å². The van der Waals surface area contributed by atoms with E-state index in [1.165, 1.54) is 12.1 Å². The number of benzene rings is 2. The van der Waals surface area contributed by atoms with Crippen molar-refractivity contribution in [2.75, 3.05) is 5.43 Å². The predicted molar refractivity (Wildman–Crippen MR) is 68.0 cm³/mol. The summed E-state index contributed by atoms with van der Waals surface area (Å²) < 4.78 is 0. The number of carboxylic acids is 1. The van der Waals surface area contributed by atoms with Crippen molar-refractivity contribution in [2.45, 2.75) is 0 Å². The molecule has 2 N–H and O–H groups in total. The topological polar surface area (TPSA) is 74.0 Å². The maximum absolute atomic E-state index is 10.6. The van der Waals surface area contributed by atoms with E-state index in [1.54, 1.807) is 12.1 Å². The fourth-order valence-corrected chi connectivity index (χ4v) is 1.32. The summed E-state index contributed by atoms with van der Waals surface area (Å²) in [6.07, 6.45) is 0. The molecule has 0 radical (unpaired) electrons. The van der Waals surface area contributed by atoms with E-state index in [4.69, 9.17) is 5.11 Å². The van der Waals surface area contributed by atoms with Crippen molar-refractivity contribution in [2.24, 2.45) is 10.3 Å². The van der Waals surface area contributed by atoms with Crippen LogP contribution in [0.2, 0.25) is 0 Å². The van der Waals surface area contributed by atoms with Gasteiger partial charge in [0.2, 0.25) is 0 Å². The smallest absolute Gasteiger partial charge is 0.335 e. The number of nitrogens with one attached hydrogen (secondary N) is 1. The van der Waals surface area contributed by atoms with Gasteiger partial charge < -0.3 is 5.11 Å². The van der Waals surface area contributed by atoms with Gasteiger partial charge in [-0.2, -0.15) is 0 Å². The standard InChI is InChI=1S/C13H11N3O2/c17-13(18)10-6-8-12(9-7-10)15-16-14-11-4-2-1-3-5-11/h1-9H,(H,14,15)(H,17,18). The molecule has 0 aliphatic carbocycles. The summed E-state index contributed by atoms with van der Waals surface area (Å²) in [5.74, 6) is -0.958. The summed E-state index contributed by atoms with van der Waals surface area (Å²) in [7, 11) is 0. The second-order valence-electron chi connectivity index (χ2n) is 3.53. The molecule has 0 heterocycles. The van der Waals surface area contributed by atoms with Gasteiger partial charge in [0.15, 0.2) is 0 Å². The number of anilines is 1. The molecule has 0 unspecified atom stereocenters. The first-order chi connectivity index (χ1) is 8.75. The highest BCUT2D eigenvalue weighted by Crippen LogP contribution is 2.14. The number of hydrogen-bond donors (Lipinski definition) is 2. The van der Waals surface area contributed by atoms with Gasteiger partial charge in [-0.1, -0.05) is 23.4 Å². The zero-order chi connectivity index (χ0) is 12.8. The zero-order valence-electron chi connectivity index (χ0n) is 9.45. The van der Waals surface area contributed by atoms with Crippen LogP contribution in [0.4, 0.5) is 11.4 Å². The number of para-hydroxylation sites is 1. The summed E-state index contributed by atoms with van der Waals surface area (Å²) in [6.45, 7) is 0. The van der Waals surface area contributed by atoms with Gasteiger partial charge in [-0.3, -0.25) is 5.43 Å². The summed E-state index contributed by atoms with van der Waals surface area (Å²) in [5, 5.41) is 16.5. The monoisotopic (exact) mass is 241 g/mol. The van der Waals surface area contributed by atoms with Gasteiger partial charge in [-0.15, -0.1) is 5.11 Å². The van der Waals surface area contributed by atoms with Gasteiger partial charge in [0.25, 0.3) is 0 Å². The first-order valence-electron chi connectivity index (χ1n) is 5.31. The molecule has 0 aromatic heterocycles. The van der Waals surface area contributed by atoms with Crippen LogP contribution in [0.25, 0.3) is 0 Å². The summed E-state index contributed by atoms with van der Waals surface area (Å²) in [5.41, 5.74) is 4.42. The first kappa shape index (κ1) is 11.8. The van der Waals surface area contributed by atoms with Crippen molar-refractivity contribution >= 4 is 17.3 Å². The Morgan fingerprint density at radius 1 is 1.00 bits per heavy atom. The fraction of sp³-hybridized carbons (Fsp3) is 0. The lowest BCUT2D eigenvalue weighted by molar-refractivity contribution is 0.0697. The van der Waals surface area contributed by atoms with E-state index in [0.717, 1.165) is 5.69 Å². The Balaban J connectivity index is 1.99. The third kappa shape index (κ3) is 3.15. The normalized spacial score (nSPS) is 10.4. The molecule has 0 aliphatic heterocycles. The van der Waals surface area contributed by atoms with Crippen LogP contribution in [0.5, 0.6) is 0 Å². The van der Waals surface area contributed by atoms with E-state index >= 15 is 0 Å². The minimum atomic E-state index is -0.958. The van der Waals surface area contributed by atoms with Crippen molar-refractivity contribution < 1.29 is 9.90 Å². The number of nitrogens with zero attached hydrogens (tertiary/aromatic N) is 2. The van der Waals surface area contributed by atoms with Crippen LogP contribution in [0.1, 0.15) is 10.4 Å². The fourth-order valence-electron chi connectivity index (χ4n) is 1.32. The lowest BCUT2D eigenvalue weighted by atomic mass is 10.2. The molecule has 90 valence electrons. The average Bonchev–Trinajstić information content (AvgIpc) is 2.40. The minimum absolute atomic E-state index is 0.227. The third-order valence-electron chi connectivity index (χ3n) is 2.23. The molecular weight excluding hydrogens is 230 g/mol. The molecule has 5 nitrogen and oxygen atoms in total. The zero-order valence-corrected chi connectivity index (χ0v) is 9.45. The number of aromatic carboxylic acids is 1. The summed E-state index contributed by atoms with van der Waals surface area (Å²) in [4.78, 5) is 10.6. The van der Waals surface area contributed by atoms with Crippen molar-refractivity contribution in [1.29, 1.82) is 0 Å². The third-order valence-corrected chi connectivity index (χ3v) is 2.23. The summed E-state index contributed by atoms with van der Waals surface area (Å²) >= 11 is 0. The van der Waals surface area contributed by atoms with Crippen LogP contribution in [0.15, 0.2) is 64.9 Å². The Labute approximate surface area is 104 Å². The molecule has 2 aromatic carbocycles. The van der Waals surface area contributed by atoms with E-state index in [0.29, 0.717) is 5.69 Å². The summed E-state index contributed by atoms with van der Waals surface area (Å²) in [6, 6.07) is 15.6. The molecule has 0 saturated heterocycles. The molecule has 0 amide bonds. The molecule has 5 heteroatoms. The minimum Gasteiger partial charge on any atom is -0.478 e. The van der Waals surface area contributed by atoms with Crippen molar-refractivity contribution in [3.8, 4) is 0 Å². The van der Waals surface area contributed by atoms with Crippen LogP contribution in [-0.4, -0.2) is 11.1 Å². The Hall–Kier alpha value is -2.69. The Morgan fingerprint density at radius 2 is 1.67 bits per heavy atom. The quantitative estimate of drug-likeness (QED) is 0.635. The van der Waals surface area contributed by atoms with Crippen LogP contribution >= 0.6 is 0 Å². The molecule has 0 saturated carbocycles. The maximum Gasteiger partial charge on any atom is 0.335 e. The molecule has 0 bridgehead atoms. The van der Waals surface area contributed by atoms with Gasteiger partial charge in [0.1, 0.15) is 0 Å². The SMILES string of the molecule is O=C(O)c1ccc(N=NNc2ccccc2)cc1. The highest BCUT2D eigenvalue weighted by Gasteiger charge is 2.00. The van der Waals surface area contributed by atoms with Gasteiger partial charge in [-0.05, 0) is 36.4 Å². The number of carbonyl (C=O) groups is 1. The Kier molecular flexibility index (Phi) is 3.66. The predicted octanol–water partition coefficient (Wildman–Crippen LogP) is 3.50. The van der Waals surface area contributed by atoms with Crippen LogP contribution < -0.4 is 5.43 Å². The second-order valence-corrected chi connectivity index (χ2v) is 3.53. The molecule has 2 aromatic rings. The number of rotatable bonds is 4. The molecule has 2 rings (SSSR count). The number of hydrogen-bond acceptors (Lipinski definition) is 3. The highest BCUT2D eigenvalue weighted by atomic mass is 16.4. The van der Waals surface area contributed by atoms with Crippen LogP contribution in [0.3, 0.4) is 0 Å². The maximum atomic E-state index is 10.6. The van der Waals surface area contributed by atoms with E-state index in [1.807, 2.05) is 30.3 Å². The molecule has 0 spiro atoms. The number of carboxylic acid groups (broad SMARTS) is 1. The molecule has 0 aliphatic rings. The Morgan fingerprint density at radius 3 is 2.28 bits per heavy atom. The van der Waals surface area contributed by atoms with Crippen molar-refractivity contribution in [3.05, 3.63) is 60.2 Å². The highest BCUT2D eigenvalue weighted by molar-refractivity contribution is 5.87. The van der Waals surface area contributed by atoms with E-state index < -0.39 is 5.97 Å². The van der Waals surface area contributed by atoms with Gasteiger partial charge in [0, 0.05) is 0 Å². The van der Waals surface area contributed by atoms with Gasteiger partial charge in [-0.25, -0.2) is 4.79 Å². The lowest BCUT2D eigenvalue weighted by Gasteiger charge is -1.97. The van der Waals surface area contributed by atoms with E-state index in [9.17, 15) is 4.79 Å². The van der Waals surface area contributed by atoms with Crippen LogP contribution in [-0.2, 0) is 0 Å². The second kappa shape index (κ2) is 5.58. The Bertz CT molecular complexity index is 550. The van der Waals surface area contributed by atoms with E-state index in [-0.39, 0.29) is 5.56 Å².